The zero-order chi connectivity index (χ0) is 13.7. The maximum absolute atomic E-state index is 4.48. The quantitative estimate of drug-likeness (QED) is 0.833. The molecule has 19 heavy (non-hydrogen) atoms. The van der Waals surface area contributed by atoms with Crippen LogP contribution < -0.4 is 10.2 Å². The summed E-state index contributed by atoms with van der Waals surface area (Å²) in [7, 11) is 1.93. The Morgan fingerprint density at radius 2 is 2.00 bits per heavy atom. The van der Waals surface area contributed by atoms with Gasteiger partial charge in [0, 0.05) is 43.6 Å². The predicted octanol–water partition coefficient (Wildman–Crippen LogP) is 1.12. The largest absolute Gasteiger partial charge is 0.339 e. The van der Waals surface area contributed by atoms with E-state index < -0.39 is 0 Å². The Labute approximate surface area is 116 Å². The van der Waals surface area contributed by atoms with E-state index in [1.54, 1.807) is 0 Å². The predicted molar refractivity (Wildman–Crippen MR) is 78.3 cm³/mol. The SMILES string of the molecule is CCN(CC)C1CCN(c2ncc(CNC)cn2)C1. The van der Waals surface area contributed by atoms with Crippen LogP contribution in [0.4, 0.5) is 5.95 Å². The van der Waals surface area contributed by atoms with Crippen LogP contribution in [0, 0.1) is 0 Å². The fourth-order valence-corrected chi connectivity index (χ4v) is 2.77. The molecule has 0 aliphatic carbocycles. The van der Waals surface area contributed by atoms with Gasteiger partial charge in [-0.1, -0.05) is 13.8 Å². The highest BCUT2D eigenvalue weighted by atomic mass is 15.3. The molecular formula is C14H25N5. The smallest absolute Gasteiger partial charge is 0.225 e. The summed E-state index contributed by atoms with van der Waals surface area (Å²) in [6.45, 7) is 9.64. The highest BCUT2D eigenvalue weighted by Gasteiger charge is 2.27. The second kappa shape index (κ2) is 6.82. The average molecular weight is 263 g/mol. The lowest BCUT2D eigenvalue weighted by molar-refractivity contribution is 0.232. The minimum Gasteiger partial charge on any atom is -0.339 e. The van der Waals surface area contributed by atoms with E-state index in [-0.39, 0.29) is 0 Å². The second-order valence-electron chi connectivity index (χ2n) is 5.03. The minimum atomic E-state index is 0.649. The molecule has 1 aromatic rings. The van der Waals surface area contributed by atoms with Crippen molar-refractivity contribution in [2.24, 2.45) is 0 Å². The molecule has 2 rings (SSSR count). The molecule has 0 spiro atoms. The number of anilines is 1. The third-order valence-electron chi connectivity index (χ3n) is 3.85. The van der Waals surface area contributed by atoms with Crippen LogP contribution >= 0.6 is 0 Å². The van der Waals surface area contributed by atoms with Gasteiger partial charge >= 0.3 is 0 Å². The van der Waals surface area contributed by atoms with Crippen LogP contribution in [-0.4, -0.2) is 54.1 Å². The van der Waals surface area contributed by atoms with Crippen LogP contribution in [0.2, 0.25) is 0 Å². The Bertz CT molecular complexity index is 374. The Kier molecular flexibility index (Phi) is 5.10. The third kappa shape index (κ3) is 3.42. The molecule has 2 heterocycles. The summed E-state index contributed by atoms with van der Waals surface area (Å²) in [5.41, 5.74) is 1.13. The first-order chi connectivity index (χ1) is 9.28. The summed E-state index contributed by atoms with van der Waals surface area (Å²) >= 11 is 0. The molecule has 1 unspecified atom stereocenters. The number of rotatable bonds is 6. The molecule has 0 bridgehead atoms. The van der Waals surface area contributed by atoms with Crippen molar-refractivity contribution in [3.05, 3.63) is 18.0 Å². The van der Waals surface area contributed by atoms with Gasteiger partial charge in [0.05, 0.1) is 0 Å². The van der Waals surface area contributed by atoms with Gasteiger partial charge in [0.25, 0.3) is 0 Å². The molecular weight excluding hydrogens is 238 g/mol. The van der Waals surface area contributed by atoms with Gasteiger partial charge in [-0.25, -0.2) is 9.97 Å². The third-order valence-corrected chi connectivity index (χ3v) is 3.85. The van der Waals surface area contributed by atoms with Gasteiger partial charge < -0.3 is 10.2 Å². The molecule has 1 aromatic heterocycles. The molecule has 1 aliphatic heterocycles. The van der Waals surface area contributed by atoms with E-state index in [4.69, 9.17) is 0 Å². The summed E-state index contributed by atoms with van der Waals surface area (Å²) in [4.78, 5) is 13.8. The molecule has 1 saturated heterocycles. The first-order valence-corrected chi connectivity index (χ1v) is 7.23. The van der Waals surface area contributed by atoms with Crippen molar-refractivity contribution in [3.8, 4) is 0 Å². The van der Waals surface area contributed by atoms with Crippen molar-refractivity contribution in [2.75, 3.05) is 38.1 Å². The maximum atomic E-state index is 4.48. The van der Waals surface area contributed by atoms with Crippen molar-refractivity contribution < 1.29 is 0 Å². The summed E-state index contributed by atoms with van der Waals surface area (Å²) < 4.78 is 0. The lowest BCUT2D eigenvalue weighted by Crippen LogP contribution is -2.37. The molecule has 5 heteroatoms. The molecule has 0 saturated carbocycles. The van der Waals surface area contributed by atoms with Gasteiger partial charge in [-0.2, -0.15) is 0 Å². The zero-order valence-corrected chi connectivity index (χ0v) is 12.3. The molecule has 5 nitrogen and oxygen atoms in total. The van der Waals surface area contributed by atoms with E-state index in [0.717, 1.165) is 44.2 Å². The lowest BCUT2D eigenvalue weighted by Gasteiger charge is -2.26. The highest BCUT2D eigenvalue weighted by molar-refractivity contribution is 5.32. The van der Waals surface area contributed by atoms with Crippen LogP contribution in [0.1, 0.15) is 25.8 Å². The average Bonchev–Trinajstić information content (AvgIpc) is 2.91. The van der Waals surface area contributed by atoms with Crippen molar-refractivity contribution in [2.45, 2.75) is 32.9 Å². The zero-order valence-electron chi connectivity index (χ0n) is 12.3. The van der Waals surface area contributed by atoms with E-state index >= 15 is 0 Å². The van der Waals surface area contributed by atoms with Crippen molar-refractivity contribution in [1.29, 1.82) is 0 Å². The summed E-state index contributed by atoms with van der Waals surface area (Å²) in [6.07, 6.45) is 5.05. The maximum Gasteiger partial charge on any atom is 0.225 e. The van der Waals surface area contributed by atoms with Gasteiger partial charge in [-0.3, -0.25) is 4.90 Å². The molecule has 1 N–H and O–H groups in total. The molecule has 0 amide bonds. The lowest BCUT2D eigenvalue weighted by atomic mass is 10.2. The second-order valence-corrected chi connectivity index (χ2v) is 5.03. The van der Waals surface area contributed by atoms with Gasteiger partial charge in [-0.15, -0.1) is 0 Å². The molecule has 106 valence electrons. The van der Waals surface area contributed by atoms with Gasteiger partial charge in [0.1, 0.15) is 0 Å². The van der Waals surface area contributed by atoms with Gasteiger partial charge in [0.15, 0.2) is 0 Å². The van der Waals surface area contributed by atoms with Crippen molar-refractivity contribution in [1.82, 2.24) is 20.2 Å². The van der Waals surface area contributed by atoms with Crippen molar-refractivity contribution in [3.63, 3.8) is 0 Å². The van der Waals surface area contributed by atoms with E-state index in [9.17, 15) is 0 Å². The summed E-state index contributed by atoms with van der Waals surface area (Å²) in [6, 6.07) is 0.649. The van der Waals surface area contributed by atoms with Crippen LogP contribution in [0.5, 0.6) is 0 Å². The molecule has 1 atom stereocenters. The van der Waals surface area contributed by atoms with Crippen LogP contribution in [0.25, 0.3) is 0 Å². The Morgan fingerprint density at radius 3 is 2.58 bits per heavy atom. The minimum absolute atomic E-state index is 0.649. The Hall–Kier alpha value is -1.20. The first kappa shape index (κ1) is 14.2. The van der Waals surface area contributed by atoms with Crippen LogP contribution in [-0.2, 0) is 6.54 Å². The van der Waals surface area contributed by atoms with Crippen LogP contribution in [0.15, 0.2) is 12.4 Å². The van der Waals surface area contributed by atoms with E-state index in [1.807, 2.05) is 19.4 Å². The van der Waals surface area contributed by atoms with Crippen LogP contribution in [0.3, 0.4) is 0 Å². The molecule has 0 aromatic carbocycles. The topological polar surface area (TPSA) is 44.3 Å². The summed E-state index contributed by atoms with van der Waals surface area (Å²) in [5, 5.41) is 3.11. The number of likely N-dealkylation sites (N-methyl/N-ethyl adjacent to an activating group) is 1. The molecule has 1 aliphatic rings. The fraction of sp³-hybridized carbons (Fsp3) is 0.714. The van der Waals surface area contributed by atoms with Crippen molar-refractivity contribution >= 4 is 5.95 Å². The Morgan fingerprint density at radius 1 is 1.32 bits per heavy atom. The number of hydrogen-bond acceptors (Lipinski definition) is 5. The fourth-order valence-electron chi connectivity index (χ4n) is 2.77. The number of hydrogen-bond donors (Lipinski definition) is 1. The Balaban J connectivity index is 1.96. The molecule has 1 fully saturated rings. The van der Waals surface area contributed by atoms with E-state index in [0.29, 0.717) is 6.04 Å². The number of nitrogens with one attached hydrogen (secondary N) is 1. The van der Waals surface area contributed by atoms with E-state index in [2.05, 4.69) is 38.9 Å². The highest BCUT2D eigenvalue weighted by Crippen LogP contribution is 2.19. The number of aromatic nitrogens is 2. The summed E-state index contributed by atoms with van der Waals surface area (Å²) in [5.74, 6) is 0.870. The van der Waals surface area contributed by atoms with Gasteiger partial charge in [0.2, 0.25) is 5.95 Å². The normalized spacial score (nSPS) is 19.4. The first-order valence-electron chi connectivity index (χ1n) is 7.23. The monoisotopic (exact) mass is 263 g/mol. The number of nitrogens with zero attached hydrogens (tertiary/aromatic N) is 4. The molecule has 0 radical (unpaired) electrons. The van der Waals surface area contributed by atoms with E-state index in [1.165, 1.54) is 6.42 Å². The standard InChI is InChI=1S/C14H25N5/c1-4-18(5-2)13-6-7-19(11-13)14-16-9-12(8-15-3)10-17-14/h9-10,13,15H,4-8,11H2,1-3H3. The van der Waals surface area contributed by atoms with Gasteiger partial charge in [-0.05, 0) is 26.6 Å².